The Morgan fingerprint density at radius 2 is 1.91 bits per heavy atom. The summed E-state index contributed by atoms with van der Waals surface area (Å²) in [7, 11) is 1.58. The van der Waals surface area contributed by atoms with Crippen molar-refractivity contribution in [1.29, 1.82) is 0 Å². The SMILES string of the molecule is CNC(=O)CC(NC(=O)c1cnccc1C)c1ccccc1. The summed E-state index contributed by atoms with van der Waals surface area (Å²) in [5, 5.41) is 5.50. The van der Waals surface area contributed by atoms with Crippen LogP contribution in [0.4, 0.5) is 0 Å². The van der Waals surface area contributed by atoms with E-state index in [1.165, 1.54) is 6.20 Å². The second-order valence-electron chi connectivity index (χ2n) is 5.00. The fourth-order valence-electron chi connectivity index (χ4n) is 2.16. The molecule has 5 nitrogen and oxygen atoms in total. The van der Waals surface area contributed by atoms with Crippen molar-refractivity contribution in [3.8, 4) is 0 Å². The number of carbonyl (C=O) groups excluding carboxylic acids is 2. The van der Waals surface area contributed by atoms with Gasteiger partial charge in [-0.3, -0.25) is 14.6 Å². The van der Waals surface area contributed by atoms with Crippen LogP contribution in [0.2, 0.25) is 0 Å². The summed E-state index contributed by atoms with van der Waals surface area (Å²) in [6.45, 7) is 1.85. The lowest BCUT2D eigenvalue weighted by atomic mass is 10.0. The van der Waals surface area contributed by atoms with E-state index in [4.69, 9.17) is 0 Å². The number of aromatic nitrogens is 1. The minimum Gasteiger partial charge on any atom is -0.359 e. The van der Waals surface area contributed by atoms with E-state index in [0.717, 1.165) is 11.1 Å². The number of pyridine rings is 1. The molecule has 0 aliphatic rings. The maximum absolute atomic E-state index is 12.4. The minimum absolute atomic E-state index is 0.128. The van der Waals surface area contributed by atoms with Crippen LogP contribution in [0.3, 0.4) is 0 Å². The van der Waals surface area contributed by atoms with Gasteiger partial charge in [0.25, 0.3) is 5.91 Å². The van der Waals surface area contributed by atoms with Crippen molar-refractivity contribution < 1.29 is 9.59 Å². The van der Waals surface area contributed by atoms with Gasteiger partial charge in [0.1, 0.15) is 0 Å². The Hall–Kier alpha value is -2.69. The lowest BCUT2D eigenvalue weighted by molar-refractivity contribution is -0.121. The number of nitrogens with one attached hydrogen (secondary N) is 2. The molecule has 0 aliphatic carbocycles. The summed E-state index contributed by atoms with van der Waals surface area (Å²) in [5.41, 5.74) is 2.25. The van der Waals surface area contributed by atoms with Crippen LogP contribution in [0.1, 0.15) is 33.9 Å². The molecular weight excluding hydrogens is 278 g/mol. The third-order valence-electron chi connectivity index (χ3n) is 3.46. The van der Waals surface area contributed by atoms with Crippen LogP contribution in [0.5, 0.6) is 0 Å². The van der Waals surface area contributed by atoms with E-state index >= 15 is 0 Å². The van der Waals surface area contributed by atoms with E-state index in [-0.39, 0.29) is 24.3 Å². The Balaban J connectivity index is 2.21. The highest BCUT2D eigenvalue weighted by Gasteiger charge is 2.19. The molecule has 114 valence electrons. The van der Waals surface area contributed by atoms with Crippen molar-refractivity contribution in [2.24, 2.45) is 0 Å². The molecule has 0 aliphatic heterocycles. The van der Waals surface area contributed by atoms with Crippen molar-refractivity contribution in [1.82, 2.24) is 15.6 Å². The Bertz CT molecular complexity index is 656. The highest BCUT2D eigenvalue weighted by Crippen LogP contribution is 2.18. The summed E-state index contributed by atoms with van der Waals surface area (Å²) in [4.78, 5) is 28.1. The third-order valence-corrected chi connectivity index (χ3v) is 3.46. The monoisotopic (exact) mass is 297 g/mol. The maximum Gasteiger partial charge on any atom is 0.253 e. The second-order valence-corrected chi connectivity index (χ2v) is 5.00. The van der Waals surface area contributed by atoms with Crippen molar-refractivity contribution in [2.75, 3.05) is 7.05 Å². The van der Waals surface area contributed by atoms with Gasteiger partial charge in [0.05, 0.1) is 18.0 Å². The van der Waals surface area contributed by atoms with Gasteiger partial charge in [-0.05, 0) is 24.1 Å². The van der Waals surface area contributed by atoms with Crippen molar-refractivity contribution in [3.05, 3.63) is 65.5 Å². The van der Waals surface area contributed by atoms with E-state index < -0.39 is 0 Å². The number of amides is 2. The first kappa shape index (κ1) is 15.7. The molecule has 2 aromatic rings. The van der Waals surface area contributed by atoms with Gasteiger partial charge in [0.2, 0.25) is 5.91 Å². The zero-order valence-corrected chi connectivity index (χ0v) is 12.7. The zero-order valence-electron chi connectivity index (χ0n) is 12.7. The van der Waals surface area contributed by atoms with Crippen LogP contribution >= 0.6 is 0 Å². The van der Waals surface area contributed by atoms with Gasteiger partial charge >= 0.3 is 0 Å². The van der Waals surface area contributed by atoms with E-state index in [0.29, 0.717) is 5.56 Å². The Morgan fingerprint density at radius 1 is 1.18 bits per heavy atom. The number of aryl methyl sites for hydroxylation is 1. The van der Waals surface area contributed by atoms with Gasteiger partial charge in [-0.25, -0.2) is 0 Å². The molecule has 1 heterocycles. The van der Waals surface area contributed by atoms with Crippen molar-refractivity contribution in [2.45, 2.75) is 19.4 Å². The molecule has 0 saturated carbocycles. The van der Waals surface area contributed by atoms with Crippen molar-refractivity contribution >= 4 is 11.8 Å². The molecule has 0 fully saturated rings. The molecule has 2 rings (SSSR count). The molecule has 0 bridgehead atoms. The van der Waals surface area contributed by atoms with Gasteiger partial charge in [-0.2, -0.15) is 0 Å². The Labute approximate surface area is 129 Å². The number of rotatable bonds is 5. The van der Waals surface area contributed by atoms with Crippen LogP contribution in [0.25, 0.3) is 0 Å². The average Bonchev–Trinajstić information content (AvgIpc) is 2.55. The number of carbonyl (C=O) groups is 2. The predicted octanol–water partition coefficient (Wildman–Crippen LogP) is 2.00. The van der Waals surface area contributed by atoms with Gasteiger partial charge in [-0.1, -0.05) is 30.3 Å². The average molecular weight is 297 g/mol. The number of nitrogens with zero attached hydrogens (tertiary/aromatic N) is 1. The molecule has 2 N–H and O–H groups in total. The van der Waals surface area contributed by atoms with Crippen LogP contribution in [-0.4, -0.2) is 23.8 Å². The molecular formula is C17H19N3O2. The molecule has 1 atom stereocenters. The molecule has 5 heteroatoms. The van der Waals surface area contributed by atoms with Gasteiger partial charge in [-0.15, -0.1) is 0 Å². The highest BCUT2D eigenvalue weighted by atomic mass is 16.2. The summed E-state index contributed by atoms with van der Waals surface area (Å²) in [5.74, 6) is -0.361. The highest BCUT2D eigenvalue weighted by molar-refractivity contribution is 5.95. The quantitative estimate of drug-likeness (QED) is 0.886. The Kier molecular flexibility index (Phi) is 5.25. The maximum atomic E-state index is 12.4. The first-order valence-electron chi connectivity index (χ1n) is 7.09. The Morgan fingerprint density at radius 3 is 2.55 bits per heavy atom. The van der Waals surface area contributed by atoms with E-state index in [1.54, 1.807) is 19.3 Å². The van der Waals surface area contributed by atoms with E-state index in [9.17, 15) is 9.59 Å². The van der Waals surface area contributed by atoms with E-state index in [2.05, 4.69) is 15.6 Å². The van der Waals surface area contributed by atoms with E-state index in [1.807, 2.05) is 37.3 Å². The third kappa shape index (κ3) is 3.91. The lowest BCUT2D eigenvalue weighted by Crippen LogP contribution is -2.33. The second kappa shape index (κ2) is 7.36. The van der Waals surface area contributed by atoms with Crippen molar-refractivity contribution in [3.63, 3.8) is 0 Å². The van der Waals surface area contributed by atoms with Crippen LogP contribution in [0, 0.1) is 6.92 Å². The molecule has 1 aromatic heterocycles. The lowest BCUT2D eigenvalue weighted by Gasteiger charge is -2.19. The smallest absolute Gasteiger partial charge is 0.253 e. The standard InChI is InChI=1S/C17H19N3O2/c1-12-8-9-19-11-14(12)17(22)20-15(10-16(21)18-2)13-6-4-3-5-7-13/h3-9,11,15H,10H2,1-2H3,(H,18,21)(H,20,22). The molecule has 0 radical (unpaired) electrons. The summed E-state index contributed by atoms with van der Waals surface area (Å²) in [6.07, 6.45) is 3.36. The molecule has 1 unspecified atom stereocenters. The number of hydrogen-bond acceptors (Lipinski definition) is 3. The largest absolute Gasteiger partial charge is 0.359 e. The van der Waals surface area contributed by atoms with Crippen LogP contribution in [0.15, 0.2) is 48.8 Å². The topological polar surface area (TPSA) is 71.1 Å². The van der Waals surface area contributed by atoms with Gasteiger partial charge in [0.15, 0.2) is 0 Å². The first-order valence-corrected chi connectivity index (χ1v) is 7.09. The molecule has 2 amide bonds. The number of hydrogen-bond donors (Lipinski definition) is 2. The fourth-order valence-corrected chi connectivity index (χ4v) is 2.16. The van der Waals surface area contributed by atoms with Gasteiger partial charge in [0, 0.05) is 19.4 Å². The molecule has 1 aromatic carbocycles. The van der Waals surface area contributed by atoms with Gasteiger partial charge < -0.3 is 10.6 Å². The summed E-state index contributed by atoms with van der Waals surface area (Å²) >= 11 is 0. The first-order chi connectivity index (χ1) is 10.6. The zero-order chi connectivity index (χ0) is 15.9. The number of benzene rings is 1. The predicted molar refractivity (Wildman–Crippen MR) is 84.3 cm³/mol. The normalized spacial score (nSPS) is 11.5. The van der Waals surface area contributed by atoms with Crippen LogP contribution < -0.4 is 10.6 Å². The molecule has 0 saturated heterocycles. The molecule has 22 heavy (non-hydrogen) atoms. The fraction of sp³-hybridized carbons (Fsp3) is 0.235. The summed E-state index contributed by atoms with van der Waals surface area (Å²) < 4.78 is 0. The summed E-state index contributed by atoms with van der Waals surface area (Å²) in [6, 6.07) is 10.8. The van der Waals surface area contributed by atoms with Crippen LogP contribution in [-0.2, 0) is 4.79 Å². The minimum atomic E-state index is -0.381. The molecule has 0 spiro atoms.